The molecule has 0 aliphatic heterocycles. The Morgan fingerprint density at radius 2 is 1.96 bits per heavy atom. The third kappa shape index (κ3) is 3.83. The first-order chi connectivity index (χ1) is 12.3. The number of thioether (sulfide) groups is 1. The van der Waals surface area contributed by atoms with Crippen LogP contribution in [0.4, 0.5) is 13.2 Å². The van der Waals surface area contributed by atoms with Crippen molar-refractivity contribution < 1.29 is 23.1 Å². The third-order valence-corrected chi connectivity index (χ3v) is 5.79. The van der Waals surface area contributed by atoms with Gasteiger partial charge in [0.2, 0.25) is 5.16 Å². The first kappa shape index (κ1) is 18.7. The summed E-state index contributed by atoms with van der Waals surface area (Å²) in [5, 5.41) is 20.2. The molecular weight excluding hydrogens is 411 g/mol. The molecule has 7 nitrogen and oxygen atoms in total. The van der Waals surface area contributed by atoms with Crippen LogP contribution >= 0.6 is 34.9 Å². The van der Waals surface area contributed by atoms with Crippen molar-refractivity contribution in [2.45, 2.75) is 20.6 Å². The van der Waals surface area contributed by atoms with Gasteiger partial charge in [-0.2, -0.15) is 17.9 Å². The molecule has 13 heteroatoms. The molecule has 0 atom stereocenters. The topological polar surface area (TPSA) is 93.8 Å². The molecule has 0 spiro atoms. The highest BCUT2D eigenvalue weighted by atomic mass is 32.2. The minimum absolute atomic E-state index is 0.119. The fourth-order valence-corrected chi connectivity index (χ4v) is 4.19. The zero-order valence-electron chi connectivity index (χ0n) is 12.8. The number of halogens is 3. The van der Waals surface area contributed by atoms with Crippen LogP contribution in [-0.4, -0.2) is 42.5 Å². The van der Waals surface area contributed by atoms with Crippen molar-refractivity contribution in [1.82, 2.24) is 25.2 Å². The van der Waals surface area contributed by atoms with Crippen LogP contribution in [0.3, 0.4) is 0 Å². The maximum atomic E-state index is 12.9. The Kier molecular flexibility index (Phi) is 5.20. The van der Waals surface area contributed by atoms with E-state index in [0.29, 0.717) is 17.0 Å². The highest BCUT2D eigenvalue weighted by Crippen LogP contribution is 2.39. The van der Waals surface area contributed by atoms with E-state index in [1.807, 2.05) is 18.4 Å². The number of nitrogens with zero attached hydrogens (tertiary/aromatic N) is 5. The second-order valence-electron chi connectivity index (χ2n) is 4.63. The van der Waals surface area contributed by atoms with Gasteiger partial charge in [0, 0.05) is 4.90 Å². The van der Waals surface area contributed by atoms with Crippen LogP contribution in [0.2, 0.25) is 0 Å². The van der Waals surface area contributed by atoms with E-state index in [2.05, 4.69) is 20.5 Å². The lowest BCUT2D eigenvalue weighted by Crippen LogP contribution is -2.11. The van der Waals surface area contributed by atoms with Crippen LogP contribution in [-0.2, 0) is 6.18 Å². The van der Waals surface area contributed by atoms with E-state index in [1.54, 1.807) is 23.9 Å². The molecule has 2 heterocycles. The number of alkyl halides is 3. The molecular formula is C13H8F3N5O2S3. The van der Waals surface area contributed by atoms with Crippen molar-refractivity contribution in [2.24, 2.45) is 0 Å². The van der Waals surface area contributed by atoms with Gasteiger partial charge in [0.05, 0.1) is 5.69 Å². The zero-order valence-corrected chi connectivity index (χ0v) is 15.2. The lowest BCUT2D eigenvalue weighted by Gasteiger charge is -2.04. The number of hydrogen-bond acceptors (Lipinski definition) is 8. The molecule has 0 amide bonds. The van der Waals surface area contributed by atoms with Gasteiger partial charge in [0.1, 0.15) is 4.88 Å². The summed E-state index contributed by atoms with van der Waals surface area (Å²) in [6.07, 6.45) is -2.93. The Hall–Kier alpha value is -2.12. The van der Waals surface area contributed by atoms with Gasteiger partial charge in [-0.3, -0.25) is 0 Å². The minimum atomic E-state index is -4.86. The molecule has 0 unspecified atom stereocenters. The van der Waals surface area contributed by atoms with Crippen molar-refractivity contribution in [3.63, 3.8) is 0 Å². The summed E-state index contributed by atoms with van der Waals surface area (Å²) in [6, 6.07) is 7.23. The molecule has 3 aromatic rings. The number of benzene rings is 1. The average Bonchev–Trinajstić information content (AvgIpc) is 3.22. The van der Waals surface area contributed by atoms with Crippen LogP contribution in [0.15, 0.2) is 38.7 Å². The van der Waals surface area contributed by atoms with Crippen LogP contribution in [0, 0.1) is 0 Å². The van der Waals surface area contributed by atoms with Gasteiger partial charge in [-0.15, -0.1) is 16.9 Å². The Balaban J connectivity index is 1.93. The molecule has 1 N–H and O–H groups in total. The number of rotatable bonds is 5. The van der Waals surface area contributed by atoms with E-state index in [4.69, 9.17) is 5.11 Å². The lowest BCUT2D eigenvalue weighted by molar-refractivity contribution is -0.141. The number of tetrazole rings is 1. The molecule has 0 fully saturated rings. The Bertz CT molecular complexity index is 939. The summed E-state index contributed by atoms with van der Waals surface area (Å²) in [7, 11) is 0. The molecule has 1 aromatic carbocycles. The summed E-state index contributed by atoms with van der Waals surface area (Å²) in [5.74, 6) is -1.69. The summed E-state index contributed by atoms with van der Waals surface area (Å²) in [4.78, 5) is 14.6. The summed E-state index contributed by atoms with van der Waals surface area (Å²) in [6.45, 7) is 0. The summed E-state index contributed by atoms with van der Waals surface area (Å²) >= 11 is 2.74. The molecule has 136 valence electrons. The number of carboxylic acid groups (broad SMARTS) is 1. The lowest BCUT2D eigenvalue weighted by atomic mass is 10.3. The van der Waals surface area contributed by atoms with Crippen molar-refractivity contribution >= 4 is 40.8 Å². The number of carboxylic acids is 1. The van der Waals surface area contributed by atoms with Crippen LogP contribution in [0.1, 0.15) is 15.4 Å². The van der Waals surface area contributed by atoms with Crippen LogP contribution in [0.5, 0.6) is 0 Å². The molecule has 0 radical (unpaired) electrons. The van der Waals surface area contributed by atoms with E-state index >= 15 is 0 Å². The summed E-state index contributed by atoms with van der Waals surface area (Å²) < 4.78 is 40.0. The van der Waals surface area contributed by atoms with E-state index in [-0.39, 0.29) is 9.50 Å². The standard InChI is InChI=1S/C13H8F3N5O2S3/c1-24-7-4-2-6(3-5-7)21-11(18-19-20-21)26-12-17-9(13(14,15)16)8(25-12)10(22)23/h2-5H,1H3,(H,22,23). The Morgan fingerprint density at radius 3 is 2.50 bits per heavy atom. The third-order valence-electron chi connectivity index (χ3n) is 3.01. The maximum Gasteiger partial charge on any atom is 0.435 e. The smallest absolute Gasteiger partial charge is 0.435 e. The van der Waals surface area contributed by atoms with Gasteiger partial charge in [-0.05, 0) is 52.7 Å². The number of carbonyl (C=O) groups is 1. The zero-order chi connectivity index (χ0) is 18.9. The van der Waals surface area contributed by atoms with Crippen LogP contribution in [0.25, 0.3) is 5.69 Å². The molecule has 3 rings (SSSR count). The quantitative estimate of drug-likeness (QED) is 0.626. The predicted molar refractivity (Wildman–Crippen MR) is 89.1 cm³/mol. The molecule has 26 heavy (non-hydrogen) atoms. The number of hydrogen-bond donors (Lipinski definition) is 1. The van der Waals surface area contributed by atoms with Crippen molar-refractivity contribution in [3.8, 4) is 5.69 Å². The number of aromatic carboxylic acids is 1. The monoisotopic (exact) mass is 419 g/mol. The van der Waals surface area contributed by atoms with E-state index in [0.717, 1.165) is 16.7 Å². The molecule has 0 aliphatic carbocycles. The normalized spacial score (nSPS) is 11.7. The Labute approximate surface area is 156 Å². The fraction of sp³-hybridized carbons (Fsp3) is 0.154. The molecule has 0 saturated heterocycles. The van der Waals surface area contributed by atoms with Crippen molar-refractivity contribution in [1.29, 1.82) is 0 Å². The first-order valence-electron chi connectivity index (χ1n) is 6.71. The molecule has 2 aromatic heterocycles. The van der Waals surface area contributed by atoms with Gasteiger partial charge >= 0.3 is 12.1 Å². The second kappa shape index (κ2) is 7.25. The van der Waals surface area contributed by atoms with Gasteiger partial charge in [-0.25, -0.2) is 9.78 Å². The van der Waals surface area contributed by atoms with Crippen molar-refractivity contribution in [3.05, 3.63) is 34.8 Å². The first-order valence-corrected chi connectivity index (χ1v) is 9.57. The SMILES string of the molecule is CSc1ccc(-n2nnnc2Sc2nc(C(F)(F)F)c(C(=O)O)s2)cc1. The van der Waals surface area contributed by atoms with E-state index < -0.39 is 22.7 Å². The summed E-state index contributed by atoms with van der Waals surface area (Å²) in [5.41, 5.74) is -0.817. The van der Waals surface area contributed by atoms with Gasteiger partial charge in [0.15, 0.2) is 10.0 Å². The van der Waals surface area contributed by atoms with Crippen LogP contribution < -0.4 is 0 Å². The number of thiazole rings is 1. The maximum absolute atomic E-state index is 12.9. The second-order valence-corrected chi connectivity index (χ2v) is 7.73. The van der Waals surface area contributed by atoms with E-state index in [9.17, 15) is 18.0 Å². The number of aromatic nitrogens is 5. The highest BCUT2D eigenvalue weighted by molar-refractivity contribution is 8.00. The predicted octanol–water partition coefficient (Wildman–Crippen LogP) is 3.71. The van der Waals surface area contributed by atoms with Crippen molar-refractivity contribution in [2.75, 3.05) is 6.26 Å². The largest absolute Gasteiger partial charge is 0.477 e. The Morgan fingerprint density at radius 1 is 1.27 bits per heavy atom. The highest BCUT2D eigenvalue weighted by Gasteiger charge is 2.40. The van der Waals surface area contributed by atoms with Gasteiger partial charge < -0.3 is 5.11 Å². The minimum Gasteiger partial charge on any atom is -0.477 e. The molecule has 0 saturated carbocycles. The van der Waals surface area contributed by atoms with Gasteiger partial charge in [0.25, 0.3) is 0 Å². The van der Waals surface area contributed by atoms with Gasteiger partial charge in [-0.1, -0.05) is 11.3 Å². The fourth-order valence-electron chi connectivity index (χ4n) is 1.89. The van der Waals surface area contributed by atoms with E-state index in [1.165, 1.54) is 4.68 Å². The average molecular weight is 419 g/mol. The molecule has 0 aliphatic rings. The molecule has 0 bridgehead atoms.